The Morgan fingerprint density at radius 1 is 0.857 bits per heavy atom. The van der Waals surface area contributed by atoms with Gasteiger partial charge in [0.2, 0.25) is 11.8 Å². The molecule has 6 rings (SSSR count). The van der Waals surface area contributed by atoms with Crippen molar-refractivity contribution in [3.8, 4) is 5.75 Å². The molecule has 0 unspecified atom stereocenters. The summed E-state index contributed by atoms with van der Waals surface area (Å²) in [5.74, 6) is -1.28. The zero-order chi connectivity index (χ0) is 34.5. The van der Waals surface area contributed by atoms with Crippen molar-refractivity contribution in [2.75, 3.05) is 70.8 Å². The van der Waals surface area contributed by atoms with Crippen LogP contribution in [0, 0.1) is 5.92 Å². The van der Waals surface area contributed by atoms with Crippen molar-refractivity contribution >= 4 is 45.4 Å². The topological polar surface area (TPSA) is 137 Å². The van der Waals surface area contributed by atoms with E-state index >= 15 is 0 Å². The average Bonchev–Trinajstić information content (AvgIpc) is 3.27. The summed E-state index contributed by atoms with van der Waals surface area (Å²) in [5.41, 5.74) is 2.86. The lowest BCUT2D eigenvalue weighted by molar-refractivity contribution is -0.143. The molecule has 2 aromatic rings. The number of carbonyl (C=O) groups excluding carboxylic acids is 3. The summed E-state index contributed by atoms with van der Waals surface area (Å²) in [6.07, 6.45) is 4.49. The van der Waals surface area contributed by atoms with E-state index in [2.05, 4.69) is 26.1 Å². The summed E-state index contributed by atoms with van der Waals surface area (Å²) in [6.45, 7) is 6.00. The molecule has 0 spiro atoms. The molecule has 4 aliphatic rings. The summed E-state index contributed by atoms with van der Waals surface area (Å²) < 4.78 is 0.549. The zero-order valence-electron chi connectivity index (χ0n) is 27.9. The summed E-state index contributed by atoms with van der Waals surface area (Å²) in [4.78, 5) is 62.1. The number of nitrogens with one attached hydrogen (secondary N) is 1. The Balaban J connectivity index is 1.05. The molecule has 3 saturated heterocycles. The van der Waals surface area contributed by atoms with E-state index in [-0.39, 0.29) is 42.6 Å². The van der Waals surface area contributed by atoms with E-state index in [0.29, 0.717) is 62.5 Å². The third-order valence-electron chi connectivity index (χ3n) is 10.7. The number of carboxylic acids is 1. The lowest BCUT2D eigenvalue weighted by Gasteiger charge is -2.43. The number of hydrogen-bond donors (Lipinski definition) is 3. The quantitative estimate of drug-likeness (QED) is 0.356. The first-order valence-electron chi connectivity index (χ1n) is 17.5. The standard InChI is InChI=1S/C36H47BrN6O6/c37-30-22-25(5-6-32(30)44)21-27(35(48)42-19-17-40(18-20-42)28-8-12-39(13-9-28)24-34(46)47)23-33(45)41-14-10-29(11-15-41)43-16-7-26-3-1-2-4-31(26)38-36(43)49/h1-6,22,27-29,44H,7-21,23-24H2,(H,38,49)(H,46,47)/t27-/m0/s1. The van der Waals surface area contributed by atoms with Crippen LogP contribution in [-0.4, -0.2) is 136 Å². The molecule has 4 aliphatic heterocycles. The van der Waals surface area contributed by atoms with Crippen LogP contribution in [0.25, 0.3) is 0 Å². The number of fused-ring (bicyclic) bond motifs is 1. The number of nitrogens with zero attached hydrogens (tertiary/aromatic N) is 5. The highest BCUT2D eigenvalue weighted by molar-refractivity contribution is 9.10. The molecule has 4 amide bonds. The molecule has 0 bridgehead atoms. The highest BCUT2D eigenvalue weighted by atomic mass is 79.9. The number of piperazine rings is 1. The van der Waals surface area contributed by atoms with Crippen molar-refractivity contribution in [2.24, 2.45) is 5.92 Å². The van der Waals surface area contributed by atoms with Gasteiger partial charge in [-0.05, 0) is 83.8 Å². The second kappa shape index (κ2) is 15.9. The number of urea groups is 1. The fourth-order valence-corrected chi connectivity index (χ4v) is 8.34. The molecular formula is C36H47BrN6O6. The Hall–Kier alpha value is -3.68. The van der Waals surface area contributed by atoms with Gasteiger partial charge in [0.1, 0.15) is 5.75 Å². The number of likely N-dealkylation sites (tertiary alicyclic amines) is 2. The van der Waals surface area contributed by atoms with Crippen molar-refractivity contribution in [1.29, 1.82) is 0 Å². The number of phenols is 1. The van der Waals surface area contributed by atoms with Gasteiger partial charge in [-0.25, -0.2) is 4.79 Å². The lowest BCUT2D eigenvalue weighted by Crippen LogP contribution is -2.55. The summed E-state index contributed by atoms with van der Waals surface area (Å²) >= 11 is 3.39. The molecule has 12 nitrogen and oxygen atoms in total. The van der Waals surface area contributed by atoms with E-state index in [1.165, 1.54) is 0 Å². The van der Waals surface area contributed by atoms with E-state index in [1.807, 2.05) is 49.9 Å². The largest absolute Gasteiger partial charge is 0.507 e. The van der Waals surface area contributed by atoms with Gasteiger partial charge in [0, 0.05) is 83.1 Å². The van der Waals surface area contributed by atoms with Gasteiger partial charge in [-0.15, -0.1) is 0 Å². The van der Waals surface area contributed by atoms with Gasteiger partial charge in [0.15, 0.2) is 0 Å². The Labute approximate surface area is 296 Å². The predicted molar refractivity (Wildman–Crippen MR) is 188 cm³/mol. The molecule has 4 heterocycles. The predicted octanol–water partition coefficient (Wildman–Crippen LogP) is 3.48. The molecule has 13 heteroatoms. The Morgan fingerprint density at radius 2 is 1.55 bits per heavy atom. The maximum absolute atomic E-state index is 14.1. The summed E-state index contributed by atoms with van der Waals surface area (Å²) in [7, 11) is 0. The molecule has 1 atom stereocenters. The number of phenolic OH excluding ortho intramolecular Hbond substituents is 1. The van der Waals surface area contributed by atoms with E-state index < -0.39 is 11.9 Å². The van der Waals surface area contributed by atoms with Gasteiger partial charge >= 0.3 is 12.0 Å². The summed E-state index contributed by atoms with van der Waals surface area (Å²) in [6, 6.07) is 13.4. The number of para-hydroxylation sites is 1. The van der Waals surface area contributed by atoms with Crippen LogP contribution in [0.2, 0.25) is 0 Å². The van der Waals surface area contributed by atoms with E-state index in [0.717, 1.165) is 62.3 Å². The zero-order valence-corrected chi connectivity index (χ0v) is 29.5. The SMILES string of the molecule is O=C(O)CN1CCC(N2CCN(C(=O)[C@H](CC(=O)N3CCC(N4CCc5ccccc5NC4=O)CC3)Cc3ccc(O)c(Br)c3)CC2)CC1. The van der Waals surface area contributed by atoms with Crippen LogP contribution >= 0.6 is 15.9 Å². The van der Waals surface area contributed by atoms with Crippen molar-refractivity contribution in [3.05, 3.63) is 58.1 Å². The van der Waals surface area contributed by atoms with Crippen LogP contribution in [0.15, 0.2) is 46.9 Å². The molecule has 3 fully saturated rings. The van der Waals surface area contributed by atoms with E-state index in [4.69, 9.17) is 5.11 Å². The number of anilines is 1. The molecule has 49 heavy (non-hydrogen) atoms. The van der Waals surface area contributed by atoms with Gasteiger partial charge in [0.05, 0.1) is 16.9 Å². The van der Waals surface area contributed by atoms with Gasteiger partial charge in [0.25, 0.3) is 0 Å². The minimum atomic E-state index is -0.795. The maximum Gasteiger partial charge on any atom is 0.322 e. The molecule has 2 aromatic carbocycles. The third-order valence-corrected chi connectivity index (χ3v) is 11.4. The Bertz CT molecular complexity index is 1520. The minimum absolute atomic E-state index is 0.0239. The second-order valence-corrected chi connectivity index (χ2v) is 14.7. The highest BCUT2D eigenvalue weighted by Gasteiger charge is 2.35. The van der Waals surface area contributed by atoms with Crippen molar-refractivity contribution < 1.29 is 29.4 Å². The molecule has 3 N–H and O–H groups in total. The molecule has 0 saturated carbocycles. The third kappa shape index (κ3) is 8.74. The average molecular weight is 740 g/mol. The maximum atomic E-state index is 14.1. The number of halogens is 1. The number of piperidine rings is 2. The first kappa shape index (κ1) is 35.2. The van der Waals surface area contributed by atoms with E-state index in [9.17, 15) is 24.3 Å². The second-order valence-electron chi connectivity index (χ2n) is 13.8. The van der Waals surface area contributed by atoms with Gasteiger partial charge < -0.3 is 30.2 Å². The molecular weight excluding hydrogens is 692 g/mol. The molecule has 0 aromatic heterocycles. The summed E-state index contributed by atoms with van der Waals surface area (Å²) in [5, 5.41) is 22.2. The molecule has 0 aliphatic carbocycles. The van der Waals surface area contributed by atoms with Gasteiger partial charge in [-0.3, -0.25) is 24.2 Å². The number of benzene rings is 2. The Morgan fingerprint density at radius 3 is 2.24 bits per heavy atom. The number of aromatic hydroxyl groups is 1. The van der Waals surface area contributed by atoms with Crippen LogP contribution in [-0.2, 0) is 27.2 Å². The van der Waals surface area contributed by atoms with Crippen LogP contribution in [0.3, 0.4) is 0 Å². The fourth-order valence-electron chi connectivity index (χ4n) is 7.91. The van der Waals surface area contributed by atoms with Crippen molar-refractivity contribution in [1.82, 2.24) is 24.5 Å². The van der Waals surface area contributed by atoms with Gasteiger partial charge in [-0.1, -0.05) is 24.3 Å². The van der Waals surface area contributed by atoms with Crippen LogP contribution in [0.4, 0.5) is 10.5 Å². The highest BCUT2D eigenvalue weighted by Crippen LogP contribution is 2.29. The number of amides is 4. The van der Waals surface area contributed by atoms with Gasteiger partial charge in [-0.2, -0.15) is 0 Å². The smallest absolute Gasteiger partial charge is 0.322 e. The normalized spacial score (nSPS) is 20.8. The lowest BCUT2D eigenvalue weighted by atomic mass is 9.92. The minimum Gasteiger partial charge on any atom is -0.507 e. The Kier molecular flexibility index (Phi) is 11.4. The number of carboxylic acid groups (broad SMARTS) is 1. The number of rotatable bonds is 9. The molecule has 264 valence electrons. The number of aliphatic carboxylic acids is 1. The molecule has 0 radical (unpaired) electrons. The van der Waals surface area contributed by atoms with Crippen molar-refractivity contribution in [3.63, 3.8) is 0 Å². The van der Waals surface area contributed by atoms with Crippen molar-refractivity contribution in [2.45, 2.75) is 57.0 Å². The fraction of sp³-hybridized carbons (Fsp3) is 0.556. The first-order chi connectivity index (χ1) is 23.6. The van der Waals surface area contributed by atoms with Crippen LogP contribution in [0.5, 0.6) is 5.75 Å². The van der Waals surface area contributed by atoms with Crippen LogP contribution in [0.1, 0.15) is 43.2 Å². The first-order valence-corrected chi connectivity index (χ1v) is 18.3. The van der Waals surface area contributed by atoms with Crippen LogP contribution < -0.4 is 5.32 Å². The number of carbonyl (C=O) groups is 4. The monoisotopic (exact) mass is 738 g/mol. The number of hydrogen-bond acceptors (Lipinski definition) is 7. The van der Waals surface area contributed by atoms with E-state index in [1.54, 1.807) is 12.1 Å².